The zero-order chi connectivity index (χ0) is 21.7. The normalized spacial score (nSPS) is 11.0. The Hall–Kier alpha value is -3.60. The second-order valence-corrected chi connectivity index (χ2v) is 6.45. The van der Waals surface area contributed by atoms with E-state index >= 15 is 0 Å². The number of aromatic nitrogens is 3. The number of nitro groups is 1. The van der Waals surface area contributed by atoms with Crippen LogP contribution in [0.2, 0.25) is 0 Å². The van der Waals surface area contributed by atoms with Crippen LogP contribution in [0.1, 0.15) is 23.9 Å². The minimum absolute atomic E-state index is 0.0379. The Morgan fingerprint density at radius 3 is 2.73 bits per heavy atom. The number of nitrogens with one attached hydrogen (secondary N) is 1. The molecule has 0 saturated heterocycles. The van der Waals surface area contributed by atoms with Crippen LogP contribution < -0.4 is 9.47 Å². The maximum absolute atomic E-state index is 13.1. The lowest BCUT2D eigenvalue weighted by atomic mass is 10.1. The maximum atomic E-state index is 13.1. The molecule has 1 N–H and O–H groups in total. The second kappa shape index (κ2) is 9.27. The number of H-pyrrole nitrogens is 1. The topological polar surface area (TPSA) is 108 Å². The van der Waals surface area contributed by atoms with Gasteiger partial charge in [-0.1, -0.05) is 12.1 Å². The number of halogens is 1. The van der Waals surface area contributed by atoms with Crippen LogP contribution in [0.15, 0.2) is 41.5 Å². The summed E-state index contributed by atoms with van der Waals surface area (Å²) in [5.74, 6) is 0.437. The lowest BCUT2D eigenvalue weighted by molar-refractivity contribution is -0.385. The van der Waals surface area contributed by atoms with Crippen LogP contribution in [-0.2, 0) is 6.42 Å². The summed E-state index contributed by atoms with van der Waals surface area (Å²) in [5.41, 5.74) is 0.995. The van der Waals surface area contributed by atoms with Crippen LogP contribution in [-0.4, -0.2) is 39.7 Å². The number of aromatic amines is 1. The molecular weight excluding hydrogens is 413 g/mol. The Kier molecular flexibility index (Phi) is 6.52. The van der Waals surface area contributed by atoms with Crippen molar-refractivity contribution in [2.75, 3.05) is 13.7 Å². The molecule has 9 nitrogen and oxygen atoms in total. The molecule has 0 amide bonds. The van der Waals surface area contributed by atoms with Gasteiger partial charge in [-0.25, -0.2) is 4.39 Å². The Labute approximate surface area is 175 Å². The van der Waals surface area contributed by atoms with Gasteiger partial charge in [0.2, 0.25) is 10.5 Å². The molecule has 2 aromatic carbocycles. The Morgan fingerprint density at radius 2 is 2.10 bits per heavy atom. The van der Waals surface area contributed by atoms with Gasteiger partial charge in [-0.05, 0) is 42.9 Å². The molecule has 3 rings (SSSR count). The first-order chi connectivity index (χ1) is 14.4. The molecule has 11 heteroatoms. The standard InChI is InChI=1S/C19H18FN5O4S/c1-3-29-16-9-13(8-15(25(26)27)18(16)28-2)11-21-24-17(22-23-19(24)30)10-12-4-6-14(20)7-5-12/h4-9,11H,3,10H2,1-2H3,(H,23,30)/b21-11-. The van der Waals surface area contributed by atoms with Gasteiger partial charge in [-0.3, -0.25) is 15.2 Å². The molecule has 0 fully saturated rings. The molecule has 1 heterocycles. The molecule has 30 heavy (non-hydrogen) atoms. The number of ether oxygens (including phenoxy) is 2. The van der Waals surface area contributed by atoms with Crippen molar-refractivity contribution in [2.45, 2.75) is 13.3 Å². The van der Waals surface area contributed by atoms with Crippen LogP contribution >= 0.6 is 12.2 Å². The van der Waals surface area contributed by atoms with Crippen LogP contribution in [0.3, 0.4) is 0 Å². The quantitative estimate of drug-likeness (QED) is 0.251. The first kappa shape index (κ1) is 21.1. The Balaban J connectivity index is 1.96. The first-order valence-corrected chi connectivity index (χ1v) is 9.28. The van der Waals surface area contributed by atoms with Gasteiger partial charge in [0.25, 0.3) is 0 Å². The van der Waals surface area contributed by atoms with E-state index < -0.39 is 4.92 Å². The number of rotatable bonds is 8. The predicted octanol–water partition coefficient (Wildman–Crippen LogP) is 3.87. The van der Waals surface area contributed by atoms with E-state index in [2.05, 4.69) is 15.3 Å². The smallest absolute Gasteiger partial charge is 0.315 e. The SMILES string of the molecule is CCOc1cc(/C=N\n2c(Cc3ccc(F)cc3)n[nH]c2=S)cc([N+](=O)[O-])c1OC. The summed E-state index contributed by atoms with van der Waals surface area (Å²) < 4.78 is 25.4. The molecule has 156 valence electrons. The molecule has 0 radical (unpaired) electrons. The van der Waals surface area contributed by atoms with Crippen molar-refractivity contribution in [2.24, 2.45) is 5.10 Å². The molecule has 0 aliphatic rings. The summed E-state index contributed by atoms with van der Waals surface area (Å²) in [6, 6.07) is 8.91. The highest BCUT2D eigenvalue weighted by molar-refractivity contribution is 7.71. The Morgan fingerprint density at radius 1 is 1.37 bits per heavy atom. The van der Waals surface area contributed by atoms with Gasteiger partial charge >= 0.3 is 5.69 Å². The summed E-state index contributed by atoms with van der Waals surface area (Å²) in [4.78, 5) is 10.9. The summed E-state index contributed by atoms with van der Waals surface area (Å²) in [5, 5.41) is 22.5. The third kappa shape index (κ3) is 4.69. The zero-order valence-corrected chi connectivity index (χ0v) is 17.0. The third-order valence-corrected chi connectivity index (χ3v) is 4.34. The number of hydrogen-bond donors (Lipinski definition) is 1. The molecule has 0 spiro atoms. The molecule has 0 unspecified atom stereocenters. The largest absolute Gasteiger partial charge is 0.490 e. The fraction of sp³-hybridized carbons (Fsp3) is 0.211. The molecule has 0 bridgehead atoms. The van der Waals surface area contributed by atoms with Crippen molar-refractivity contribution in [1.29, 1.82) is 0 Å². The van der Waals surface area contributed by atoms with Gasteiger partial charge in [0.15, 0.2) is 11.6 Å². The van der Waals surface area contributed by atoms with Gasteiger partial charge in [0.05, 0.1) is 24.9 Å². The lowest BCUT2D eigenvalue weighted by Gasteiger charge is -2.10. The summed E-state index contributed by atoms with van der Waals surface area (Å²) >= 11 is 5.22. The first-order valence-electron chi connectivity index (χ1n) is 8.87. The van der Waals surface area contributed by atoms with Crippen molar-refractivity contribution >= 4 is 24.1 Å². The van der Waals surface area contributed by atoms with Gasteiger partial charge < -0.3 is 9.47 Å². The van der Waals surface area contributed by atoms with Crippen molar-refractivity contribution in [3.63, 3.8) is 0 Å². The van der Waals surface area contributed by atoms with Gasteiger partial charge in [0, 0.05) is 18.1 Å². The molecule has 1 aromatic heterocycles. The van der Waals surface area contributed by atoms with E-state index in [-0.39, 0.29) is 27.8 Å². The average molecular weight is 431 g/mol. The lowest BCUT2D eigenvalue weighted by Crippen LogP contribution is -2.03. The predicted molar refractivity (Wildman–Crippen MR) is 110 cm³/mol. The van der Waals surface area contributed by atoms with Gasteiger partial charge in [-0.15, -0.1) is 0 Å². The second-order valence-electron chi connectivity index (χ2n) is 6.07. The molecule has 0 saturated carbocycles. The van der Waals surface area contributed by atoms with Crippen LogP contribution in [0, 0.1) is 20.7 Å². The van der Waals surface area contributed by atoms with Crippen molar-refractivity contribution in [3.8, 4) is 11.5 Å². The fourth-order valence-electron chi connectivity index (χ4n) is 2.75. The van der Waals surface area contributed by atoms with Gasteiger partial charge in [0.1, 0.15) is 5.82 Å². The van der Waals surface area contributed by atoms with Crippen molar-refractivity contribution in [3.05, 3.63) is 74.1 Å². The average Bonchev–Trinajstić information content (AvgIpc) is 3.07. The van der Waals surface area contributed by atoms with E-state index in [9.17, 15) is 14.5 Å². The van der Waals surface area contributed by atoms with E-state index in [1.54, 1.807) is 25.1 Å². The monoisotopic (exact) mass is 431 g/mol. The van der Waals surface area contributed by atoms with Crippen molar-refractivity contribution < 1.29 is 18.8 Å². The highest BCUT2D eigenvalue weighted by atomic mass is 32.1. The van der Waals surface area contributed by atoms with Crippen molar-refractivity contribution in [1.82, 2.24) is 14.9 Å². The van der Waals surface area contributed by atoms with Gasteiger partial charge in [-0.2, -0.15) is 14.9 Å². The maximum Gasteiger partial charge on any atom is 0.315 e. The van der Waals surface area contributed by atoms with E-state index in [1.165, 1.54) is 36.2 Å². The summed E-state index contributed by atoms with van der Waals surface area (Å²) in [6.07, 6.45) is 1.77. The van der Waals surface area contributed by atoms with E-state index in [0.717, 1.165) is 5.56 Å². The van der Waals surface area contributed by atoms with Crippen LogP contribution in [0.5, 0.6) is 11.5 Å². The number of benzene rings is 2. The number of methoxy groups -OCH3 is 1. The van der Waals surface area contributed by atoms with Crippen LogP contribution in [0.25, 0.3) is 0 Å². The zero-order valence-electron chi connectivity index (χ0n) is 16.2. The number of hydrogen-bond acceptors (Lipinski definition) is 7. The fourth-order valence-corrected chi connectivity index (χ4v) is 2.95. The van der Waals surface area contributed by atoms with Crippen LogP contribution in [0.4, 0.5) is 10.1 Å². The van der Waals surface area contributed by atoms with E-state index in [0.29, 0.717) is 24.4 Å². The third-order valence-electron chi connectivity index (χ3n) is 4.07. The molecule has 3 aromatic rings. The summed E-state index contributed by atoms with van der Waals surface area (Å²) in [6.45, 7) is 2.07. The minimum atomic E-state index is -0.553. The molecule has 0 atom stereocenters. The highest BCUT2D eigenvalue weighted by Crippen LogP contribution is 2.37. The highest BCUT2D eigenvalue weighted by Gasteiger charge is 2.21. The minimum Gasteiger partial charge on any atom is -0.490 e. The number of nitro benzene ring substituents is 1. The van der Waals surface area contributed by atoms with E-state index in [1.807, 2.05) is 0 Å². The summed E-state index contributed by atoms with van der Waals surface area (Å²) in [7, 11) is 1.34. The Bertz CT molecular complexity index is 1140. The molecule has 0 aliphatic heterocycles. The molecular formula is C19H18FN5O4S. The number of nitrogens with zero attached hydrogens (tertiary/aromatic N) is 4. The van der Waals surface area contributed by atoms with E-state index in [4.69, 9.17) is 21.7 Å². The molecule has 0 aliphatic carbocycles.